The van der Waals surface area contributed by atoms with E-state index >= 15 is 0 Å². The molecule has 0 bridgehead atoms. The molecule has 0 saturated heterocycles. The van der Waals surface area contributed by atoms with Crippen molar-refractivity contribution >= 4 is 17.3 Å². The second-order valence-electron chi connectivity index (χ2n) is 4.60. The number of aromatic nitrogens is 2. The number of aromatic carboxylic acids is 1. The summed E-state index contributed by atoms with van der Waals surface area (Å²) in [6.07, 6.45) is 1.60. The summed E-state index contributed by atoms with van der Waals surface area (Å²) < 4.78 is 13.4. The van der Waals surface area contributed by atoms with Crippen LogP contribution >= 0.6 is 11.3 Å². The van der Waals surface area contributed by atoms with Gasteiger partial charge in [0.1, 0.15) is 16.5 Å². The maximum absolute atomic E-state index is 13.4. The number of carboxylic acid groups (broad SMARTS) is 1. The number of H-pyrrole nitrogens is 1. The predicted molar refractivity (Wildman–Crippen MR) is 79.0 cm³/mol. The monoisotopic (exact) mass is 302 g/mol. The SMILES string of the molecule is Cc1ccc(F)cc1-c1nc(-c2c[nH]c(C(=O)O)c2)cs1. The van der Waals surface area contributed by atoms with Gasteiger partial charge in [0.05, 0.1) is 5.69 Å². The number of benzene rings is 1. The first-order valence-electron chi connectivity index (χ1n) is 6.19. The third kappa shape index (κ3) is 2.57. The number of nitrogens with one attached hydrogen (secondary N) is 1. The van der Waals surface area contributed by atoms with Gasteiger partial charge in [-0.25, -0.2) is 14.2 Å². The van der Waals surface area contributed by atoms with Crippen LogP contribution in [0.25, 0.3) is 21.8 Å². The molecule has 1 aromatic carbocycles. The van der Waals surface area contributed by atoms with Crippen molar-refractivity contribution in [3.05, 3.63) is 52.9 Å². The summed E-state index contributed by atoms with van der Waals surface area (Å²) in [5, 5.41) is 11.4. The van der Waals surface area contributed by atoms with Crippen LogP contribution in [-0.2, 0) is 0 Å². The molecule has 21 heavy (non-hydrogen) atoms. The predicted octanol–water partition coefficient (Wildman–Crippen LogP) is 3.95. The summed E-state index contributed by atoms with van der Waals surface area (Å²) in [6, 6.07) is 6.11. The molecule has 3 aromatic rings. The average molecular weight is 302 g/mol. The summed E-state index contributed by atoms with van der Waals surface area (Å²) in [4.78, 5) is 18.0. The van der Waals surface area contributed by atoms with Gasteiger partial charge in [-0.1, -0.05) is 6.07 Å². The van der Waals surface area contributed by atoms with Crippen LogP contribution in [0.1, 0.15) is 16.1 Å². The van der Waals surface area contributed by atoms with Gasteiger partial charge in [0.25, 0.3) is 0 Å². The van der Waals surface area contributed by atoms with Crippen molar-refractivity contribution in [3.63, 3.8) is 0 Å². The second kappa shape index (κ2) is 5.14. The van der Waals surface area contributed by atoms with Crippen LogP contribution in [0.15, 0.2) is 35.8 Å². The summed E-state index contributed by atoms with van der Waals surface area (Å²) in [5.41, 5.74) is 3.17. The minimum absolute atomic E-state index is 0.112. The lowest BCUT2D eigenvalue weighted by Gasteiger charge is -2.01. The number of hydrogen-bond donors (Lipinski definition) is 2. The molecule has 2 N–H and O–H groups in total. The van der Waals surface area contributed by atoms with Crippen molar-refractivity contribution in [2.75, 3.05) is 0 Å². The van der Waals surface area contributed by atoms with Gasteiger partial charge in [-0.3, -0.25) is 0 Å². The zero-order valence-electron chi connectivity index (χ0n) is 11.1. The van der Waals surface area contributed by atoms with Crippen LogP contribution in [0.5, 0.6) is 0 Å². The van der Waals surface area contributed by atoms with Gasteiger partial charge in [-0.05, 0) is 30.7 Å². The van der Waals surface area contributed by atoms with Crippen LogP contribution in [0, 0.1) is 12.7 Å². The van der Waals surface area contributed by atoms with Gasteiger partial charge in [0.2, 0.25) is 0 Å². The van der Waals surface area contributed by atoms with E-state index in [0.717, 1.165) is 11.1 Å². The van der Waals surface area contributed by atoms with Crippen LogP contribution in [0.2, 0.25) is 0 Å². The van der Waals surface area contributed by atoms with E-state index in [9.17, 15) is 9.18 Å². The molecule has 0 aliphatic heterocycles. The molecule has 2 heterocycles. The third-order valence-electron chi connectivity index (χ3n) is 3.14. The number of carbonyl (C=O) groups is 1. The minimum Gasteiger partial charge on any atom is -0.477 e. The van der Waals surface area contributed by atoms with Gasteiger partial charge in [-0.2, -0.15) is 0 Å². The van der Waals surface area contributed by atoms with Crippen LogP contribution < -0.4 is 0 Å². The van der Waals surface area contributed by atoms with E-state index in [1.54, 1.807) is 12.3 Å². The lowest BCUT2D eigenvalue weighted by atomic mass is 10.1. The van der Waals surface area contributed by atoms with Gasteiger partial charge < -0.3 is 10.1 Å². The standard InChI is InChI=1S/C15H11FN2O2S/c1-8-2-3-10(16)5-11(8)14-18-13(7-21-14)9-4-12(15(19)20)17-6-9/h2-7,17H,1H3,(H,19,20). The molecule has 0 aliphatic carbocycles. The van der Waals surface area contributed by atoms with E-state index in [1.165, 1.54) is 29.5 Å². The first kappa shape index (κ1) is 13.5. The molecule has 4 nitrogen and oxygen atoms in total. The smallest absolute Gasteiger partial charge is 0.352 e. The summed E-state index contributed by atoms with van der Waals surface area (Å²) in [5.74, 6) is -1.32. The normalized spacial score (nSPS) is 10.8. The molecular weight excluding hydrogens is 291 g/mol. The molecule has 2 aromatic heterocycles. The Hall–Kier alpha value is -2.47. The zero-order chi connectivity index (χ0) is 15.0. The quantitative estimate of drug-likeness (QED) is 0.770. The molecule has 0 atom stereocenters. The first-order valence-corrected chi connectivity index (χ1v) is 7.06. The number of nitrogens with zero attached hydrogens (tertiary/aromatic N) is 1. The molecule has 0 spiro atoms. The highest BCUT2D eigenvalue weighted by atomic mass is 32.1. The van der Waals surface area contributed by atoms with Crippen molar-refractivity contribution in [2.24, 2.45) is 0 Å². The molecule has 106 valence electrons. The third-order valence-corrected chi connectivity index (χ3v) is 4.02. The highest BCUT2D eigenvalue weighted by Gasteiger charge is 2.12. The van der Waals surface area contributed by atoms with Crippen LogP contribution in [-0.4, -0.2) is 21.0 Å². The van der Waals surface area contributed by atoms with Gasteiger partial charge in [-0.15, -0.1) is 11.3 Å². The number of aryl methyl sites for hydroxylation is 1. The maximum atomic E-state index is 13.4. The number of hydrogen-bond acceptors (Lipinski definition) is 3. The molecule has 0 amide bonds. The van der Waals surface area contributed by atoms with Crippen molar-refractivity contribution in [2.45, 2.75) is 6.92 Å². The Balaban J connectivity index is 1.99. The van der Waals surface area contributed by atoms with Gasteiger partial charge in [0.15, 0.2) is 0 Å². The molecule has 0 unspecified atom stereocenters. The summed E-state index contributed by atoms with van der Waals surface area (Å²) >= 11 is 1.40. The largest absolute Gasteiger partial charge is 0.477 e. The van der Waals surface area contributed by atoms with E-state index in [0.29, 0.717) is 16.3 Å². The van der Waals surface area contributed by atoms with Crippen LogP contribution in [0.3, 0.4) is 0 Å². The number of carboxylic acids is 1. The Morgan fingerprint density at radius 1 is 1.38 bits per heavy atom. The first-order chi connectivity index (χ1) is 10.0. The van der Waals surface area contributed by atoms with Gasteiger partial charge >= 0.3 is 5.97 Å². The molecule has 0 aliphatic rings. The minimum atomic E-state index is -1.02. The molecular formula is C15H11FN2O2S. The lowest BCUT2D eigenvalue weighted by molar-refractivity contribution is 0.0691. The molecule has 0 fully saturated rings. The Morgan fingerprint density at radius 2 is 2.19 bits per heavy atom. The fourth-order valence-corrected chi connectivity index (χ4v) is 2.93. The maximum Gasteiger partial charge on any atom is 0.352 e. The highest BCUT2D eigenvalue weighted by Crippen LogP contribution is 2.31. The lowest BCUT2D eigenvalue weighted by Crippen LogP contribution is -1.94. The Morgan fingerprint density at radius 3 is 2.90 bits per heavy atom. The molecule has 3 rings (SSSR count). The van der Waals surface area contributed by atoms with Crippen molar-refractivity contribution < 1.29 is 14.3 Å². The van der Waals surface area contributed by atoms with Crippen molar-refractivity contribution in [1.29, 1.82) is 0 Å². The van der Waals surface area contributed by atoms with E-state index in [2.05, 4.69) is 9.97 Å². The number of thiazole rings is 1. The topological polar surface area (TPSA) is 66.0 Å². The summed E-state index contributed by atoms with van der Waals surface area (Å²) in [7, 11) is 0. The Labute approximate surface area is 123 Å². The van der Waals surface area contributed by atoms with Crippen molar-refractivity contribution in [3.8, 4) is 21.8 Å². The average Bonchev–Trinajstić information content (AvgIpc) is 3.09. The van der Waals surface area contributed by atoms with E-state index in [1.807, 2.05) is 12.3 Å². The van der Waals surface area contributed by atoms with E-state index in [-0.39, 0.29) is 11.5 Å². The highest BCUT2D eigenvalue weighted by molar-refractivity contribution is 7.13. The summed E-state index contributed by atoms with van der Waals surface area (Å²) in [6.45, 7) is 1.90. The Kier molecular flexibility index (Phi) is 3.31. The van der Waals surface area contributed by atoms with E-state index in [4.69, 9.17) is 5.11 Å². The molecule has 6 heteroatoms. The Bertz CT molecular complexity index is 823. The van der Waals surface area contributed by atoms with Crippen molar-refractivity contribution in [1.82, 2.24) is 9.97 Å². The van der Waals surface area contributed by atoms with Crippen LogP contribution in [0.4, 0.5) is 4.39 Å². The van der Waals surface area contributed by atoms with E-state index < -0.39 is 5.97 Å². The second-order valence-corrected chi connectivity index (χ2v) is 5.46. The fourth-order valence-electron chi connectivity index (χ4n) is 2.02. The van der Waals surface area contributed by atoms with Gasteiger partial charge in [0, 0.05) is 22.7 Å². The zero-order valence-corrected chi connectivity index (χ0v) is 11.9. The number of rotatable bonds is 3. The fraction of sp³-hybridized carbons (Fsp3) is 0.0667. The molecule has 0 saturated carbocycles. The molecule has 0 radical (unpaired) electrons. The number of aromatic amines is 1. The number of halogens is 1.